The van der Waals surface area contributed by atoms with E-state index in [1.54, 1.807) is 36.4 Å². The van der Waals surface area contributed by atoms with E-state index in [-0.39, 0.29) is 11.4 Å². The Hall–Kier alpha value is -5.38. The molecular weight excluding hydrogens is 460 g/mol. The van der Waals surface area contributed by atoms with Crippen LogP contribution in [0, 0.1) is 20.2 Å². The summed E-state index contributed by atoms with van der Waals surface area (Å²) in [5, 5.41) is 22.8. The summed E-state index contributed by atoms with van der Waals surface area (Å²) in [5.74, 6) is 0.847. The maximum atomic E-state index is 11.4. The lowest BCUT2D eigenvalue weighted by Crippen LogP contribution is -1.92. The molecule has 4 aromatic carbocycles. The Labute approximate surface area is 202 Å². The third-order valence-electron chi connectivity index (χ3n) is 6.01. The van der Waals surface area contributed by atoms with Gasteiger partial charge in [-0.3, -0.25) is 20.2 Å². The number of hydrogen-bond acceptors (Lipinski definition) is 6. The molecule has 0 amide bonds. The Morgan fingerprint density at radius 3 is 1.42 bits per heavy atom. The summed E-state index contributed by atoms with van der Waals surface area (Å²) in [7, 11) is 0. The summed E-state index contributed by atoms with van der Waals surface area (Å²) in [6, 6.07) is 24.4. The van der Waals surface area contributed by atoms with Crippen molar-refractivity contribution < 1.29 is 9.85 Å². The lowest BCUT2D eigenvalue weighted by Gasteiger charge is -2.02. The molecule has 0 aliphatic heterocycles. The quantitative estimate of drug-likeness (QED) is 0.222. The normalized spacial score (nSPS) is 11.2. The number of nitro benzene ring substituents is 2. The van der Waals surface area contributed by atoms with Crippen LogP contribution in [0.2, 0.25) is 0 Å². The van der Waals surface area contributed by atoms with Crippen LogP contribution < -0.4 is 0 Å². The van der Waals surface area contributed by atoms with Crippen LogP contribution in [0.1, 0.15) is 0 Å². The largest absolute Gasteiger partial charge is 0.338 e. The summed E-state index contributed by atoms with van der Waals surface area (Å²) in [4.78, 5) is 37.5. The van der Waals surface area contributed by atoms with Crippen molar-refractivity contribution >= 4 is 33.4 Å². The van der Waals surface area contributed by atoms with Gasteiger partial charge in [0.25, 0.3) is 11.4 Å². The molecular formula is C26H16N6O4. The van der Waals surface area contributed by atoms with Crippen LogP contribution in [0.3, 0.4) is 0 Å². The number of nitrogens with one attached hydrogen (secondary N) is 2. The Balaban J connectivity index is 1.40. The molecule has 0 bridgehead atoms. The van der Waals surface area contributed by atoms with Gasteiger partial charge in [0.05, 0.1) is 43.0 Å². The van der Waals surface area contributed by atoms with Crippen molar-refractivity contribution in [2.45, 2.75) is 0 Å². The number of imidazole rings is 2. The minimum absolute atomic E-state index is 0.0177. The van der Waals surface area contributed by atoms with Gasteiger partial charge in [-0.2, -0.15) is 0 Å². The predicted molar refractivity (Wildman–Crippen MR) is 135 cm³/mol. The monoisotopic (exact) mass is 476 g/mol. The fourth-order valence-corrected chi connectivity index (χ4v) is 4.30. The Kier molecular flexibility index (Phi) is 4.78. The molecule has 0 radical (unpaired) electrons. The van der Waals surface area contributed by atoms with Gasteiger partial charge in [-0.1, -0.05) is 36.4 Å². The van der Waals surface area contributed by atoms with E-state index in [4.69, 9.17) is 0 Å². The topological polar surface area (TPSA) is 144 Å². The second kappa shape index (κ2) is 8.13. The number of para-hydroxylation sites is 2. The van der Waals surface area contributed by atoms with Crippen molar-refractivity contribution in [3.63, 3.8) is 0 Å². The van der Waals surface area contributed by atoms with Gasteiger partial charge in [-0.05, 0) is 47.5 Å². The maximum Gasteiger partial charge on any atom is 0.280 e. The van der Waals surface area contributed by atoms with Crippen molar-refractivity contribution in [1.29, 1.82) is 0 Å². The van der Waals surface area contributed by atoms with Crippen LogP contribution >= 0.6 is 0 Å². The minimum atomic E-state index is -0.425. The first-order chi connectivity index (χ1) is 17.5. The van der Waals surface area contributed by atoms with Gasteiger partial charge in [-0.25, -0.2) is 9.97 Å². The zero-order valence-electron chi connectivity index (χ0n) is 18.5. The molecule has 6 rings (SSSR count). The summed E-state index contributed by atoms with van der Waals surface area (Å²) >= 11 is 0. The second-order valence-corrected chi connectivity index (χ2v) is 8.18. The molecule has 0 spiro atoms. The molecule has 0 fully saturated rings. The number of H-pyrrole nitrogens is 2. The number of benzene rings is 4. The van der Waals surface area contributed by atoms with E-state index in [1.807, 2.05) is 36.4 Å². The number of nitro groups is 2. The van der Waals surface area contributed by atoms with Crippen LogP contribution in [-0.2, 0) is 0 Å². The van der Waals surface area contributed by atoms with Crippen LogP contribution in [0.4, 0.5) is 11.4 Å². The molecule has 2 aromatic heterocycles. The number of fused-ring (bicyclic) bond motifs is 2. The number of aromatic amines is 2. The van der Waals surface area contributed by atoms with E-state index < -0.39 is 9.85 Å². The second-order valence-electron chi connectivity index (χ2n) is 8.18. The minimum Gasteiger partial charge on any atom is -0.338 e. The van der Waals surface area contributed by atoms with Crippen molar-refractivity contribution in [2.75, 3.05) is 0 Å². The van der Waals surface area contributed by atoms with E-state index in [2.05, 4.69) is 19.9 Å². The van der Waals surface area contributed by atoms with Gasteiger partial charge in [0, 0.05) is 12.1 Å². The fraction of sp³-hybridized carbons (Fsp3) is 0. The molecule has 10 nitrogen and oxygen atoms in total. The SMILES string of the molecule is O=[N+]([O-])c1ccccc1-c1nc2ccc(-c3ccc4nc(-c5ccccc5[N+](=O)[O-])[nH]c4c3)cc2[nH]1. The first-order valence-corrected chi connectivity index (χ1v) is 11.0. The van der Waals surface area contributed by atoms with Crippen LogP contribution in [0.15, 0.2) is 84.9 Å². The van der Waals surface area contributed by atoms with Crippen molar-refractivity contribution in [3.8, 4) is 33.9 Å². The third kappa shape index (κ3) is 3.53. The Bertz CT molecular complexity index is 1690. The highest BCUT2D eigenvalue weighted by Crippen LogP contribution is 2.33. The molecule has 0 aliphatic rings. The zero-order valence-corrected chi connectivity index (χ0v) is 18.5. The summed E-state index contributed by atoms with van der Waals surface area (Å²) in [6.45, 7) is 0. The fourth-order valence-electron chi connectivity index (χ4n) is 4.30. The third-order valence-corrected chi connectivity index (χ3v) is 6.01. The molecule has 0 atom stereocenters. The number of nitrogens with zero attached hydrogens (tertiary/aromatic N) is 4. The average Bonchev–Trinajstić information content (AvgIpc) is 3.52. The highest BCUT2D eigenvalue weighted by atomic mass is 16.6. The Morgan fingerprint density at radius 2 is 1.00 bits per heavy atom. The van der Waals surface area contributed by atoms with Gasteiger partial charge in [0.15, 0.2) is 0 Å². The van der Waals surface area contributed by atoms with E-state index in [1.165, 1.54) is 12.1 Å². The van der Waals surface area contributed by atoms with Crippen LogP contribution in [0.5, 0.6) is 0 Å². The van der Waals surface area contributed by atoms with Gasteiger partial charge >= 0.3 is 0 Å². The van der Waals surface area contributed by atoms with Crippen molar-refractivity contribution in [1.82, 2.24) is 19.9 Å². The molecule has 6 aromatic rings. The summed E-state index contributed by atoms with van der Waals surface area (Å²) in [5.41, 5.74) is 5.47. The summed E-state index contributed by atoms with van der Waals surface area (Å²) in [6.07, 6.45) is 0. The predicted octanol–water partition coefficient (Wildman–Crippen LogP) is 6.26. The zero-order chi connectivity index (χ0) is 24.8. The number of aromatic nitrogens is 4. The first-order valence-electron chi connectivity index (χ1n) is 11.0. The lowest BCUT2D eigenvalue weighted by atomic mass is 10.0. The first kappa shape index (κ1) is 21.2. The van der Waals surface area contributed by atoms with Crippen LogP contribution in [-0.4, -0.2) is 29.8 Å². The molecule has 0 unspecified atom stereocenters. The van der Waals surface area contributed by atoms with E-state index >= 15 is 0 Å². The molecule has 10 heteroatoms. The molecule has 2 N–H and O–H groups in total. The maximum absolute atomic E-state index is 11.4. The van der Waals surface area contributed by atoms with E-state index in [0.29, 0.717) is 33.8 Å². The highest BCUT2D eigenvalue weighted by molar-refractivity contribution is 5.89. The van der Waals surface area contributed by atoms with Gasteiger partial charge < -0.3 is 9.97 Å². The Morgan fingerprint density at radius 1 is 0.583 bits per heavy atom. The molecule has 2 heterocycles. The van der Waals surface area contributed by atoms with Crippen molar-refractivity contribution in [2.24, 2.45) is 0 Å². The molecule has 0 saturated carbocycles. The average molecular weight is 476 g/mol. The van der Waals surface area contributed by atoms with Gasteiger partial charge in [-0.15, -0.1) is 0 Å². The van der Waals surface area contributed by atoms with Gasteiger partial charge in [0.1, 0.15) is 11.6 Å². The number of hydrogen-bond donors (Lipinski definition) is 2. The number of rotatable bonds is 5. The van der Waals surface area contributed by atoms with E-state index in [9.17, 15) is 20.2 Å². The molecule has 0 aliphatic carbocycles. The molecule has 36 heavy (non-hydrogen) atoms. The molecule has 174 valence electrons. The van der Waals surface area contributed by atoms with Crippen LogP contribution in [0.25, 0.3) is 56.0 Å². The van der Waals surface area contributed by atoms with Crippen molar-refractivity contribution in [3.05, 3.63) is 105 Å². The summed E-state index contributed by atoms with van der Waals surface area (Å²) < 4.78 is 0. The smallest absolute Gasteiger partial charge is 0.280 e. The van der Waals surface area contributed by atoms with E-state index in [0.717, 1.165) is 22.2 Å². The standard InChI is InChI=1S/C26H16N6O4/c33-31(34)23-7-3-1-5-17(23)25-27-19-11-9-15(13-21(19)29-25)16-10-12-20-22(14-16)30-26(28-20)18-6-2-4-8-24(18)32(35)36/h1-14H,(H,27,29)(H,28,30). The molecule has 0 saturated heterocycles. The lowest BCUT2D eigenvalue weighted by molar-refractivity contribution is -0.384. The highest BCUT2D eigenvalue weighted by Gasteiger charge is 2.19. The van der Waals surface area contributed by atoms with Gasteiger partial charge in [0.2, 0.25) is 0 Å².